The number of aryl methyl sites for hydroxylation is 1. The summed E-state index contributed by atoms with van der Waals surface area (Å²) < 4.78 is 5.29. The van der Waals surface area contributed by atoms with E-state index in [1.165, 1.54) is 10.9 Å². The van der Waals surface area contributed by atoms with Gasteiger partial charge < -0.3 is 15.0 Å². The number of nitrogens with one attached hydrogen (secondary N) is 2. The number of methoxy groups -OCH3 is 1. The predicted octanol–water partition coefficient (Wildman–Crippen LogP) is 4.79. The molecule has 1 heterocycles. The van der Waals surface area contributed by atoms with Crippen molar-refractivity contribution in [1.82, 2.24) is 10.3 Å². The molecule has 3 aromatic rings. The normalized spacial score (nSPS) is 12.3. The van der Waals surface area contributed by atoms with Crippen LogP contribution in [0.15, 0.2) is 48.7 Å². The minimum atomic E-state index is -0.0180. The van der Waals surface area contributed by atoms with Gasteiger partial charge in [-0.15, -0.1) is 0 Å². The van der Waals surface area contributed by atoms with E-state index in [9.17, 15) is 4.79 Å². The van der Waals surface area contributed by atoms with Gasteiger partial charge in [-0.25, -0.2) is 0 Å². The van der Waals surface area contributed by atoms with Gasteiger partial charge in [0.1, 0.15) is 5.75 Å². The van der Waals surface area contributed by atoms with E-state index in [2.05, 4.69) is 53.8 Å². The fourth-order valence-corrected chi connectivity index (χ4v) is 3.63. The van der Waals surface area contributed by atoms with Crippen molar-refractivity contribution in [3.05, 3.63) is 65.4 Å². The molecule has 0 fully saturated rings. The molecule has 0 aliphatic heterocycles. The molecule has 0 bridgehead atoms. The number of carbonyl (C=O) groups excluding carboxylic acids is 1. The number of aromatic amines is 1. The SMILES string of the molecule is CCc1cccc2c([C@H](CC(=O)NC(C)C)c3ccc(OC)cc3)c[nH]c12. The quantitative estimate of drug-likeness (QED) is 0.633. The van der Waals surface area contributed by atoms with Crippen LogP contribution in [0.2, 0.25) is 0 Å². The minimum Gasteiger partial charge on any atom is -0.497 e. The highest BCUT2D eigenvalue weighted by Crippen LogP contribution is 2.35. The van der Waals surface area contributed by atoms with Crippen LogP contribution in [0.4, 0.5) is 0 Å². The molecule has 0 spiro atoms. The smallest absolute Gasteiger partial charge is 0.221 e. The molecule has 4 nitrogen and oxygen atoms in total. The van der Waals surface area contributed by atoms with Crippen LogP contribution in [-0.4, -0.2) is 24.0 Å². The zero-order valence-corrected chi connectivity index (χ0v) is 16.5. The van der Waals surface area contributed by atoms with Gasteiger partial charge in [-0.3, -0.25) is 4.79 Å². The Morgan fingerprint density at radius 2 is 1.89 bits per heavy atom. The second-order valence-corrected chi connectivity index (χ2v) is 7.19. The first-order valence-electron chi connectivity index (χ1n) is 9.55. The fraction of sp³-hybridized carbons (Fsp3) is 0.348. The van der Waals surface area contributed by atoms with Crippen LogP contribution in [-0.2, 0) is 11.2 Å². The average Bonchev–Trinajstić information content (AvgIpc) is 3.09. The summed E-state index contributed by atoms with van der Waals surface area (Å²) in [5.74, 6) is 0.860. The molecule has 4 heteroatoms. The number of hydrogen-bond donors (Lipinski definition) is 2. The lowest BCUT2D eigenvalue weighted by Crippen LogP contribution is -2.31. The Labute approximate surface area is 160 Å². The number of rotatable bonds is 7. The zero-order valence-electron chi connectivity index (χ0n) is 16.5. The van der Waals surface area contributed by atoms with Crippen molar-refractivity contribution in [3.63, 3.8) is 0 Å². The third-order valence-electron chi connectivity index (χ3n) is 4.95. The topological polar surface area (TPSA) is 54.1 Å². The molecule has 1 amide bonds. The number of amides is 1. The Balaban J connectivity index is 2.04. The van der Waals surface area contributed by atoms with Crippen LogP contribution in [0, 0.1) is 0 Å². The molecule has 0 saturated carbocycles. The van der Waals surface area contributed by atoms with Crippen molar-refractivity contribution in [2.45, 2.75) is 45.6 Å². The monoisotopic (exact) mass is 364 g/mol. The first kappa shape index (κ1) is 19.0. The third kappa shape index (κ3) is 4.16. The summed E-state index contributed by atoms with van der Waals surface area (Å²) >= 11 is 0. The van der Waals surface area contributed by atoms with Crippen LogP contribution in [0.25, 0.3) is 10.9 Å². The van der Waals surface area contributed by atoms with E-state index in [-0.39, 0.29) is 17.9 Å². The summed E-state index contributed by atoms with van der Waals surface area (Å²) in [5, 5.41) is 4.21. The first-order valence-corrected chi connectivity index (χ1v) is 9.55. The standard InChI is InChI=1S/C23H28N2O2/c1-5-16-7-6-8-19-21(14-24-23(16)19)20(13-22(26)25-15(2)3)17-9-11-18(27-4)12-10-17/h6-12,14-15,20,24H,5,13H2,1-4H3,(H,25,26)/t20-/m1/s1. The largest absolute Gasteiger partial charge is 0.497 e. The Hall–Kier alpha value is -2.75. The molecular formula is C23H28N2O2. The molecule has 0 saturated heterocycles. The van der Waals surface area contributed by atoms with Crippen LogP contribution >= 0.6 is 0 Å². The lowest BCUT2D eigenvalue weighted by molar-refractivity contribution is -0.121. The predicted molar refractivity (Wildman–Crippen MR) is 110 cm³/mol. The van der Waals surface area contributed by atoms with Gasteiger partial charge in [0.15, 0.2) is 0 Å². The maximum atomic E-state index is 12.6. The van der Waals surface area contributed by atoms with E-state index >= 15 is 0 Å². The summed E-state index contributed by atoms with van der Waals surface area (Å²) in [5.41, 5.74) is 4.72. The van der Waals surface area contributed by atoms with Gasteiger partial charge in [0.25, 0.3) is 0 Å². The van der Waals surface area contributed by atoms with Gasteiger partial charge in [0.2, 0.25) is 5.91 Å². The number of hydrogen-bond acceptors (Lipinski definition) is 2. The number of carbonyl (C=O) groups is 1. The van der Waals surface area contributed by atoms with Gasteiger partial charge in [0, 0.05) is 35.5 Å². The molecule has 0 radical (unpaired) electrons. The number of benzene rings is 2. The van der Waals surface area contributed by atoms with E-state index in [1.54, 1.807) is 7.11 Å². The van der Waals surface area contributed by atoms with Crippen molar-refractivity contribution < 1.29 is 9.53 Å². The number of fused-ring (bicyclic) bond motifs is 1. The van der Waals surface area contributed by atoms with Crippen molar-refractivity contribution in [2.24, 2.45) is 0 Å². The summed E-state index contributed by atoms with van der Waals surface area (Å²) in [6.45, 7) is 6.13. The Kier molecular flexibility index (Phi) is 5.84. The molecule has 2 aromatic carbocycles. The number of ether oxygens (including phenoxy) is 1. The molecule has 142 valence electrons. The molecule has 1 atom stereocenters. The molecule has 0 aliphatic carbocycles. The summed E-state index contributed by atoms with van der Waals surface area (Å²) in [4.78, 5) is 16.0. The molecule has 27 heavy (non-hydrogen) atoms. The molecule has 2 N–H and O–H groups in total. The minimum absolute atomic E-state index is 0.0180. The highest BCUT2D eigenvalue weighted by atomic mass is 16.5. The van der Waals surface area contributed by atoms with Crippen LogP contribution < -0.4 is 10.1 Å². The lowest BCUT2D eigenvalue weighted by atomic mass is 9.87. The number of aromatic nitrogens is 1. The van der Waals surface area contributed by atoms with Gasteiger partial charge in [-0.1, -0.05) is 37.3 Å². The highest BCUT2D eigenvalue weighted by Gasteiger charge is 2.22. The van der Waals surface area contributed by atoms with E-state index in [4.69, 9.17) is 4.74 Å². The summed E-state index contributed by atoms with van der Waals surface area (Å²) in [6, 6.07) is 14.5. The zero-order chi connectivity index (χ0) is 19.4. The molecule has 0 aliphatic rings. The van der Waals surface area contributed by atoms with Crippen LogP contribution in [0.3, 0.4) is 0 Å². The average molecular weight is 364 g/mol. The lowest BCUT2D eigenvalue weighted by Gasteiger charge is -2.19. The van der Waals surface area contributed by atoms with Gasteiger partial charge in [-0.2, -0.15) is 0 Å². The maximum Gasteiger partial charge on any atom is 0.221 e. The number of H-pyrrole nitrogens is 1. The third-order valence-corrected chi connectivity index (χ3v) is 4.95. The first-order chi connectivity index (χ1) is 13.0. The van der Waals surface area contributed by atoms with E-state index in [0.29, 0.717) is 6.42 Å². The second kappa shape index (κ2) is 8.30. The van der Waals surface area contributed by atoms with E-state index in [1.807, 2.05) is 26.0 Å². The maximum absolute atomic E-state index is 12.6. The Morgan fingerprint density at radius 1 is 1.15 bits per heavy atom. The van der Waals surface area contributed by atoms with Crippen molar-refractivity contribution in [3.8, 4) is 5.75 Å². The molecule has 0 unspecified atom stereocenters. The van der Waals surface area contributed by atoms with Crippen LogP contribution in [0.5, 0.6) is 5.75 Å². The Bertz CT molecular complexity index is 910. The van der Waals surface area contributed by atoms with Crippen molar-refractivity contribution >= 4 is 16.8 Å². The van der Waals surface area contributed by atoms with E-state index < -0.39 is 0 Å². The summed E-state index contributed by atoms with van der Waals surface area (Å²) in [6.07, 6.45) is 3.44. The summed E-state index contributed by atoms with van der Waals surface area (Å²) in [7, 11) is 1.66. The second-order valence-electron chi connectivity index (χ2n) is 7.19. The fourth-order valence-electron chi connectivity index (χ4n) is 3.63. The number of para-hydroxylation sites is 1. The van der Waals surface area contributed by atoms with Crippen LogP contribution in [0.1, 0.15) is 49.8 Å². The van der Waals surface area contributed by atoms with Gasteiger partial charge in [0.05, 0.1) is 7.11 Å². The Morgan fingerprint density at radius 3 is 2.52 bits per heavy atom. The molecule has 1 aromatic heterocycles. The van der Waals surface area contributed by atoms with Gasteiger partial charge >= 0.3 is 0 Å². The van der Waals surface area contributed by atoms with Crippen molar-refractivity contribution in [2.75, 3.05) is 7.11 Å². The molecule has 3 rings (SSSR count). The van der Waals surface area contributed by atoms with Gasteiger partial charge in [-0.05, 0) is 49.1 Å². The molecular weight excluding hydrogens is 336 g/mol. The van der Waals surface area contributed by atoms with Crippen molar-refractivity contribution in [1.29, 1.82) is 0 Å². The van der Waals surface area contributed by atoms with E-state index in [0.717, 1.165) is 28.8 Å². The highest BCUT2D eigenvalue weighted by molar-refractivity contribution is 5.88.